The number of ketones is 1. The molecule has 0 amide bonds. The largest absolute Gasteiger partial charge is 0.494 e. The van der Waals surface area contributed by atoms with Gasteiger partial charge in [0.15, 0.2) is 5.78 Å². The van der Waals surface area contributed by atoms with Gasteiger partial charge in [-0.2, -0.15) is 0 Å². The maximum Gasteiger partial charge on any atom is 0.185 e. The van der Waals surface area contributed by atoms with Gasteiger partial charge in [-0.05, 0) is 69.4 Å². The average Bonchev–Trinajstić information content (AvgIpc) is 2.66. The molecule has 0 spiro atoms. The predicted molar refractivity (Wildman–Crippen MR) is 109 cm³/mol. The lowest BCUT2D eigenvalue weighted by Gasteiger charge is -2.09. The highest BCUT2D eigenvalue weighted by atomic mass is 16.5. The maximum atomic E-state index is 12.2. The number of carbonyl (C=O) groups is 1. The third kappa shape index (κ3) is 7.66. The molecular weight excluding hydrogens is 322 g/mol. The van der Waals surface area contributed by atoms with E-state index in [1.54, 1.807) is 6.08 Å². The fourth-order valence-electron chi connectivity index (χ4n) is 2.62. The molecule has 2 aromatic rings. The number of ether oxygens (including phenoxy) is 1. The standard InChI is InChI=1S/C23H29NO2/c1-24(2)18-8-3-4-9-19-26-22-15-13-21(14-16-22)23(25)17-12-20-10-6-5-7-11-20/h5-7,10-17H,3-4,8-9,18-19H2,1-2H3. The summed E-state index contributed by atoms with van der Waals surface area (Å²) in [6, 6.07) is 17.2. The molecule has 3 heteroatoms. The molecule has 2 aromatic carbocycles. The Hall–Kier alpha value is -2.39. The van der Waals surface area contributed by atoms with Gasteiger partial charge in [-0.25, -0.2) is 0 Å². The summed E-state index contributed by atoms with van der Waals surface area (Å²) in [5.41, 5.74) is 1.69. The van der Waals surface area contributed by atoms with Gasteiger partial charge in [-0.1, -0.05) is 49.2 Å². The van der Waals surface area contributed by atoms with Gasteiger partial charge in [-0.3, -0.25) is 4.79 Å². The minimum atomic E-state index is 0.00120. The highest BCUT2D eigenvalue weighted by Crippen LogP contribution is 2.14. The first-order chi connectivity index (χ1) is 12.6. The summed E-state index contributed by atoms with van der Waals surface area (Å²) in [5, 5.41) is 0. The number of rotatable bonds is 11. The minimum absolute atomic E-state index is 0.00120. The van der Waals surface area contributed by atoms with Crippen molar-refractivity contribution in [3.05, 3.63) is 71.8 Å². The first-order valence-electron chi connectivity index (χ1n) is 9.30. The molecule has 0 aliphatic heterocycles. The van der Waals surface area contributed by atoms with E-state index in [0.29, 0.717) is 5.56 Å². The van der Waals surface area contributed by atoms with Crippen LogP contribution < -0.4 is 4.74 Å². The third-order valence-electron chi connectivity index (χ3n) is 4.13. The molecule has 2 rings (SSSR count). The van der Waals surface area contributed by atoms with Gasteiger partial charge < -0.3 is 9.64 Å². The molecule has 0 atom stereocenters. The van der Waals surface area contributed by atoms with E-state index >= 15 is 0 Å². The van der Waals surface area contributed by atoms with E-state index < -0.39 is 0 Å². The molecule has 3 nitrogen and oxygen atoms in total. The van der Waals surface area contributed by atoms with Crippen LogP contribution in [0.5, 0.6) is 5.75 Å². The molecular formula is C23H29NO2. The topological polar surface area (TPSA) is 29.5 Å². The van der Waals surface area contributed by atoms with Crippen molar-refractivity contribution in [2.45, 2.75) is 25.7 Å². The lowest BCUT2D eigenvalue weighted by Crippen LogP contribution is -2.12. The van der Waals surface area contributed by atoms with Crippen molar-refractivity contribution < 1.29 is 9.53 Å². The Labute approximate surface area is 157 Å². The van der Waals surface area contributed by atoms with Crippen LogP contribution in [0.2, 0.25) is 0 Å². The summed E-state index contributed by atoms with van der Waals surface area (Å²) >= 11 is 0. The summed E-state index contributed by atoms with van der Waals surface area (Å²) < 4.78 is 5.76. The van der Waals surface area contributed by atoms with E-state index in [2.05, 4.69) is 19.0 Å². The van der Waals surface area contributed by atoms with Crippen LogP contribution in [0.25, 0.3) is 6.08 Å². The molecule has 0 saturated carbocycles. The zero-order valence-electron chi connectivity index (χ0n) is 15.9. The second-order valence-electron chi connectivity index (χ2n) is 6.70. The van der Waals surface area contributed by atoms with Gasteiger partial charge in [0, 0.05) is 5.56 Å². The lowest BCUT2D eigenvalue weighted by molar-refractivity contribution is 0.104. The Morgan fingerprint density at radius 2 is 1.62 bits per heavy atom. The summed E-state index contributed by atoms with van der Waals surface area (Å²) in [4.78, 5) is 14.4. The molecule has 0 heterocycles. The molecule has 0 bridgehead atoms. The fraction of sp³-hybridized carbons (Fsp3) is 0.348. The Morgan fingerprint density at radius 3 is 2.31 bits per heavy atom. The van der Waals surface area contributed by atoms with Crippen LogP contribution in [-0.4, -0.2) is 37.9 Å². The first-order valence-corrected chi connectivity index (χ1v) is 9.30. The molecule has 0 unspecified atom stereocenters. The van der Waals surface area contributed by atoms with E-state index in [4.69, 9.17) is 4.74 Å². The number of hydrogen-bond acceptors (Lipinski definition) is 3. The molecule has 26 heavy (non-hydrogen) atoms. The summed E-state index contributed by atoms with van der Waals surface area (Å²) in [6.45, 7) is 1.87. The molecule has 0 aromatic heterocycles. The van der Waals surface area contributed by atoms with Crippen LogP contribution >= 0.6 is 0 Å². The SMILES string of the molecule is CN(C)CCCCCCOc1ccc(C(=O)C=Cc2ccccc2)cc1. The van der Waals surface area contributed by atoms with Crippen LogP contribution in [-0.2, 0) is 0 Å². The molecule has 0 fully saturated rings. The van der Waals surface area contributed by atoms with Crippen molar-refractivity contribution in [1.29, 1.82) is 0 Å². The van der Waals surface area contributed by atoms with Crippen molar-refractivity contribution in [1.82, 2.24) is 4.90 Å². The Balaban J connectivity index is 1.70. The zero-order chi connectivity index (χ0) is 18.6. The van der Waals surface area contributed by atoms with E-state index in [0.717, 1.165) is 30.9 Å². The minimum Gasteiger partial charge on any atom is -0.494 e. The van der Waals surface area contributed by atoms with Crippen LogP contribution in [0.1, 0.15) is 41.6 Å². The van der Waals surface area contributed by atoms with E-state index in [1.807, 2.05) is 60.7 Å². The quantitative estimate of drug-likeness (QED) is 0.321. The van der Waals surface area contributed by atoms with Crippen molar-refractivity contribution in [3.8, 4) is 5.75 Å². The normalized spacial score (nSPS) is 11.2. The van der Waals surface area contributed by atoms with Crippen molar-refractivity contribution in [3.63, 3.8) is 0 Å². The monoisotopic (exact) mass is 351 g/mol. The molecule has 0 saturated heterocycles. The van der Waals surface area contributed by atoms with Crippen LogP contribution in [0, 0.1) is 0 Å². The molecule has 0 aliphatic rings. The van der Waals surface area contributed by atoms with Gasteiger partial charge in [0.25, 0.3) is 0 Å². The summed E-state index contributed by atoms with van der Waals surface area (Å²) in [7, 11) is 4.21. The first kappa shape index (κ1) is 19.9. The number of unbranched alkanes of at least 4 members (excludes halogenated alkanes) is 3. The number of carbonyl (C=O) groups excluding carboxylic acids is 1. The van der Waals surface area contributed by atoms with Crippen molar-refractivity contribution >= 4 is 11.9 Å². The maximum absolute atomic E-state index is 12.2. The van der Waals surface area contributed by atoms with Crippen LogP contribution in [0.15, 0.2) is 60.7 Å². The highest BCUT2D eigenvalue weighted by Gasteiger charge is 2.02. The molecule has 138 valence electrons. The summed E-state index contributed by atoms with van der Waals surface area (Å²) in [6.07, 6.45) is 8.17. The zero-order valence-corrected chi connectivity index (χ0v) is 15.9. The van der Waals surface area contributed by atoms with E-state index in [1.165, 1.54) is 19.3 Å². The third-order valence-corrected chi connectivity index (χ3v) is 4.13. The number of allylic oxidation sites excluding steroid dienone is 1. The molecule has 0 radical (unpaired) electrons. The fourth-order valence-corrected chi connectivity index (χ4v) is 2.62. The van der Waals surface area contributed by atoms with Gasteiger partial charge in [0.2, 0.25) is 0 Å². The Morgan fingerprint density at radius 1 is 0.923 bits per heavy atom. The Bertz CT molecular complexity index is 675. The van der Waals surface area contributed by atoms with Gasteiger partial charge in [0.05, 0.1) is 6.61 Å². The van der Waals surface area contributed by atoms with Crippen molar-refractivity contribution in [2.24, 2.45) is 0 Å². The van der Waals surface area contributed by atoms with E-state index in [9.17, 15) is 4.79 Å². The average molecular weight is 351 g/mol. The van der Waals surface area contributed by atoms with Crippen LogP contribution in [0.4, 0.5) is 0 Å². The molecule has 0 N–H and O–H groups in total. The smallest absolute Gasteiger partial charge is 0.185 e. The second kappa shape index (κ2) is 11.3. The molecule has 0 aliphatic carbocycles. The number of benzene rings is 2. The van der Waals surface area contributed by atoms with E-state index in [-0.39, 0.29) is 5.78 Å². The van der Waals surface area contributed by atoms with Crippen LogP contribution in [0.3, 0.4) is 0 Å². The number of nitrogens with zero attached hydrogens (tertiary/aromatic N) is 1. The number of hydrogen-bond donors (Lipinski definition) is 0. The predicted octanol–water partition coefficient (Wildman–Crippen LogP) is 5.08. The van der Waals surface area contributed by atoms with Gasteiger partial charge in [-0.15, -0.1) is 0 Å². The Kier molecular flexibility index (Phi) is 8.64. The summed E-state index contributed by atoms with van der Waals surface area (Å²) in [5.74, 6) is 0.822. The van der Waals surface area contributed by atoms with Gasteiger partial charge >= 0.3 is 0 Å². The second-order valence-corrected chi connectivity index (χ2v) is 6.70. The highest BCUT2D eigenvalue weighted by molar-refractivity contribution is 6.06. The lowest BCUT2D eigenvalue weighted by atomic mass is 10.1. The van der Waals surface area contributed by atoms with Gasteiger partial charge in [0.1, 0.15) is 5.75 Å². The van der Waals surface area contributed by atoms with Crippen molar-refractivity contribution in [2.75, 3.05) is 27.2 Å².